The van der Waals surface area contributed by atoms with Crippen molar-refractivity contribution in [2.75, 3.05) is 25.5 Å². The van der Waals surface area contributed by atoms with E-state index in [0.29, 0.717) is 6.04 Å². The Hall–Kier alpha value is -1.22. The van der Waals surface area contributed by atoms with Crippen molar-refractivity contribution in [3.05, 3.63) is 24.3 Å². The van der Waals surface area contributed by atoms with Crippen LogP contribution in [-0.4, -0.2) is 26.2 Å². The van der Waals surface area contributed by atoms with Crippen molar-refractivity contribution >= 4 is 5.69 Å². The third-order valence-corrected chi connectivity index (χ3v) is 2.10. The second-order valence-electron chi connectivity index (χ2n) is 3.74. The molecule has 0 spiro atoms. The summed E-state index contributed by atoms with van der Waals surface area (Å²) >= 11 is 0. The minimum absolute atomic E-state index is 0.532. The molecular weight excluding hydrogens is 188 g/mol. The molecule has 0 amide bonds. The van der Waals surface area contributed by atoms with Crippen LogP contribution in [0, 0.1) is 0 Å². The van der Waals surface area contributed by atoms with Crippen molar-refractivity contribution in [3.63, 3.8) is 0 Å². The highest BCUT2D eigenvalue weighted by atomic mass is 16.5. The van der Waals surface area contributed by atoms with Gasteiger partial charge in [0.05, 0.1) is 12.8 Å². The monoisotopic (exact) mass is 208 g/mol. The zero-order chi connectivity index (χ0) is 11.1. The molecule has 0 aliphatic heterocycles. The molecule has 1 aromatic carbocycles. The van der Waals surface area contributed by atoms with Crippen LogP contribution >= 0.6 is 0 Å². The fourth-order valence-electron chi connectivity index (χ4n) is 1.35. The number of benzene rings is 1. The van der Waals surface area contributed by atoms with Crippen molar-refractivity contribution in [3.8, 4) is 5.75 Å². The van der Waals surface area contributed by atoms with E-state index in [4.69, 9.17) is 4.74 Å². The smallest absolute Gasteiger partial charge is 0.141 e. The Balaban J connectivity index is 2.36. The van der Waals surface area contributed by atoms with Crippen LogP contribution in [0.1, 0.15) is 13.8 Å². The van der Waals surface area contributed by atoms with Crippen molar-refractivity contribution in [1.29, 1.82) is 0 Å². The van der Waals surface area contributed by atoms with Gasteiger partial charge in [-0.3, -0.25) is 0 Å². The second-order valence-corrected chi connectivity index (χ2v) is 3.74. The SMILES string of the molecule is COc1ccccc1NCCNC(C)C. The van der Waals surface area contributed by atoms with Crippen LogP contribution < -0.4 is 15.4 Å². The van der Waals surface area contributed by atoms with Gasteiger partial charge in [-0.15, -0.1) is 0 Å². The van der Waals surface area contributed by atoms with E-state index < -0.39 is 0 Å². The summed E-state index contributed by atoms with van der Waals surface area (Å²) in [6.07, 6.45) is 0. The molecule has 3 heteroatoms. The van der Waals surface area contributed by atoms with E-state index in [1.807, 2.05) is 24.3 Å². The molecule has 1 rings (SSSR count). The summed E-state index contributed by atoms with van der Waals surface area (Å²) in [5.74, 6) is 0.891. The highest BCUT2D eigenvalue weighted by Crippen LogP contribution is 2.22. The van der Waals surface area contributed by atoms with E-state index in [0.717, 1.165) is 24.5 Å². The number of hydrogen-bond donors (Lipinski definition) is 2. The minimum atomic E-state index is 0.532. The summed E-state index contributed by atoms with van der Waals surface area (Å²) in [4.78, 5) is 0. The Kier molecular flexibility index (Phi) is 4.98. The number of nitrogens with one attached hydrogen (secondary N) is 2. The zero-order valence-corrected chi connectivity index (χ0v) is 9.71. The molecule has 0 unspecified atom stereocenters. The van der Waals surface area contributed by atoms with Gasteiger partial charge in [0.1, 0.15) is 5.75 Å². The fourth-order valence-corrected chi connectivity index (χ4v) is 1.35. The van der Waals surface area contributed by atoms with Gasteiger partial charge in [0.15, 0.2) is 0 Å². The quantitative estimate of drug-likeness (QED) is 0.702. The van der Waals surface area contributed by atoms with Crippen molar-refractivity contribution in [2.24, 2.45) is 0 Å². The summed E-state index contributed by atoms with van der Waals surface area (Å²) < 4.78 is 5.24. The van der Waals surface area contributed by atoms with E-state index in [2.05, 4.69) is 24.5 Å². The molecule has 0 atom stereocenters. The number of methoxy groups -OCH3 is 1. The molecule has 1 aromatic rings. The maximum atomic E-state index is 5.24. The van der Waals surface area contributed by atoms with Gasteiger partial charge in [-0.25, -0.2) is 0 Å². The van der Waals surface area contributed by atoms with Gasteiger partial charge in [0, 0.05) is 19.1 Å². The molecular formula is C12H20N2O. The highest BCUT2D eigenvalue weighted by molar-refractivity contribution is 5.56. The van der Waals surface area contributed by atoms with Crippen LogP contribution in [0.15, 0.2) is 24.3 Å². The highest BCUT2D eigenvalue weighted by Gasteiger charge is 1.99. The summed E-state index contributed by atoms with van der Waals surface area (Å²) in [6.45, 7) is 6.14. The zero-order valence-electron chi connectivity index (χ0n) is 9.71. The minimum Gasteiger partial charge on any atom is -0.495 e. The molecule has 0 aromatic heterocycles. The number of hydrogen-bond acceptors (Lipinski definition) is 3. The van der Waals surface area contributed by atoms with Crippen LogP contribution in [0.2, 0.25) is 0 Å². The number of anilines is 1. The topological polar surface area (TPSA) is 33.3 Å². The average molecular weight is 208 g/mol. The molecule has 0 saturated heterocycles. The van der Waals surface area contributed by atoms with Gasteiger partial charge in [0.2, 0.25) is 0 Å². The summed E-state index contributed by atoms with van der Waals surface area (Å²) in [5, 5.41) is 6.68. The Labute approximate surface area is 91.8 Å². The summed E-state index contributed by atoms with van der Waals surface area (Å²) in [7, 11) is 1.69. The van der Waals surface area contributed by atoms with Crippen LogP contribution in [0.4, 0.5) is 5.69 Å². The predicted octanol–water partition coefficient (Wildman–Crippen LogP) is 2.11. The van der Waals surface area contributed by atoms with Gasteiger partial charge >= 0.3 is 0 Å². The molecule has 0 bridgehead atoms. The largest absolute Gasteiger partial charge is 0.495 e. The molecule has 0 aliphatic carbocycles. The maximum absolute atomic E-state index is 5.24. The van der Waals surface area contributed by atoms with Gasteiger partial charge < -0.3 is 15.4 Å². The van der Waals surface area contributed by atoms with E-state index in [9.17, 15) is 0 Å². The first kappa shape index (κ1) is 11.9. The second kappa shape index (κ2) is 6.30. The molecule has 0 fully saturated rings. The number of rotatable bonds is 6. The van der Waals surface area contributed by atoms with Gasteiger partial charge in [-0.2, -0.15) is 0 Å². The molecule has 84 valence electrons. The van der Waals surface area contributed by atoms with Gasteiger partial charge in [0.25, 0.3) is 0 Å². The summed E-state index contributed by atoms with van der Waals surface area (Å²) in [6, 6.07) is 8.48. The van der Waals surface area contributed by atoms with E-state index in [1.165, 1.54) is 0 Å². The van der Waals surface area contributed by atoms with Crippen molar-refractivity contribution < 1.29 is 4.74 Å². The average Bonchev–Trinajstić information content (AvgIpc) is 2.24. The molecule has 0 aliphatic rings. The first-order valence-electron chi connectivity index (χ1n) is 5.34. The molecule has 0 radical (unpaired) electrons. The van der Waals surface area contributed by atoms with E-state index in [1.54, 1.807) is 7.11 Å². The number of para-hydroxylation sites is 2. The number of ether oxygens (including phenoxy) is 1. The van der Waals surface area contributed by atoms with Gasteiger partial charge in [-0.1, -0.05) is 26.0 Å². The first-order chi connectivity index (χ1) is 7.24. The van der Waals surface area contributed by atoms with E-state index in [-0.39, 0.29) is 0 Å². The Morgan fingerprint density at radius 3 is 2.60 bits per heavy atom. The fraction of sp³-hybridized carbons (Fsp3) is 0.500. The molecule has 3 nitrogen and oxygen atoms in total. The van der Waals surface area contributed by atoms with Crippen molar-refractivity contribution in [2.45, 2.75) is 19.9 Å². The van der Waals surface area contributed by atoms with Crippen molar-refractivity contribution in [1.82, 2.24) is 5.32 Å². The standard InChI is InChI=1S/C12H20N2O/c1-10(2)13-8-9-14-11-6-4-5-7-12(11)15-3/h4-7,10,13-14H,8-9H2,1-3H3. The molecule has 0 heterocycles. The summed E-state index contributed by atoms with van der Waals surface area (Å²) in [5.41, 5.74) is 1.05. The predicted molar refractivity (Wildman–Crippen MR) is 64.6 cm³/mol. The Morgan fingerprint density at radius 1 is 1.20 bits per heavy atom. The molecule has 15 heavy (non-hydrogen) atoms. The Morgan fingerprint density at radius 2 is 1.93 bits per heavy atom. The third-order valence-electron chi connectivity index (χ3n) is 2.10. The van der Waals surface area contributed by atoms with Crippen LogP contribution in [0.5, 0.6) is 5.75 Å². The van der Waals surface area contributed by atoms with E-state index >= 15 is 0 Å². The first-order valence-corrected chi connectivity index (χ1v) is 5.34. The Bertz CT molecular complexity index is 287. The normalized spacial score (nSPS) is 10.4. The molecule has 0 saturated carbocycles. The lowest BCUT2D eigenvalue weighted by Crippen LogP contribution is -2.28. The van der Waals surface area contributed by atoms with Crippen LogP contribution in [0.25, 0.3) is 0 Å². The third kappa shape index (κ3) is 4.21. The maximum Gasteiger partial charge on any atom is 0.141 e. The lowest BCUT2D eigenvalue weighted by molar-refractivity contribution is 0.416. The lowest BCUT2D eigenvalue weighted by Gasteiger charge is -2.12. The lowest BCUT2D eigenvalue weighted by atomic mass is 10.3. The van der Waals surface area contributed by atoms with Gasteiger partial charge in [-0.05, 0) is 12.1 Å². The molecule has 2 N–H and O–H groups in total. The van der Waals surface area contributed by atoms with Crippen LogP contribution in [0.3, 0.4) is 0 Å². The van der Waals surface area contributed by atoms with Crippen LogP contribution in [-0.2, 0) is 0 Å².